The van der Waals surface area contributed by atoms with Crippen molar-refractivity contribution in [2.45, 2.75) is 77.3 Å². The number of carbonyl (C=O) groups is 2. The number of nitrogens with one attached hydrogen (secondary N) is 1. The fraction of sp³-hybridized carbons (Fsp3) is 0.875. The number of carboxylic acid groups (broad SMARTS) is 1. The van der Waals surface area contributed by atoms with Crippen molar-refractivity contribution in [2.75, 3.05) is 13.1 Å². The minimum atomic E-state index is -0.826. The van der Waals surface area contributed by atoms with E-state index in [1.165, 1.54) is 25.7 Å². The molecular formula is C16H30N2O3. The van der Waals surface area contributed by atoms with E-state index < -0.39 is 5.97 Å². The van der Waals surface area contributed by atoms with E-state index in [1.807, 2.05) is 25.7 Å². The van der Waals surface area contributed by atoms with Gasteiger partial charge in [-0.2, -0.15) is 0 Å². The van der Waals surface area contributed by atoms with Gasteiger partial charge in [0.1, 0.15) is 0 Å². The van der Waals surface area contributed by atoms with Gasteiger partial charge in [-0.1, -0.05) is 25.7 Å². The van der Waals surface area contributed by atoms with Crippen LogP contribution in [-0.2, 0) is 9.59 Å². The first-order valence-electron chi connectivity index (χ1n) is 8.05. The van der Waals surface area contributed by atoms with Crippen LogP contribution in [0.15, 0.2) is 0 Å². The van der Waals surface area contributed by atoms with Crippen molar-refractivity contribution < 1.29 is 14.7 Å². The number of hydrogen-bond donors (Lipinski definition) is 2. The summed E-state index contributed by atoms with van der Waals surface area (Å²) in [6, 6.07) is 0.293. The molecule has 1 fully saturated rings. The Hall–Kier alpha value is -1.10. The van der Waals surface area contributed by atoms with Gasteiger partial charge in [-0.15, -0.1) is 0 Å². The topological polar surface area (TPSA) is 69.6 Å². The standard InChI is InChI=1S/C16H30N2O3/c1-16(2,3)18(11-10-15(20)21)12-14(19)17-13-8-6-4-5-7-9-13/h13H,4-12H2,1-3H3,(H,17,19)(H,20,21). The van der Waals surface area contributed by atoms with Crippen LogP contribution in [0.2, 0.25) is 0 Å². The molecule has 0 radical (unpaired) electrons. The van der Waals surface area contributed by atoms with Crippen LogP contribution >= 0.6 is 0 Å². The fourth-order valence-electron chi connectivity index (χ4n) is 2.75. The molecule has 5 nitrogen and oxygen atoms in total. The number of hydrogen-bond acceptors (Lipinski definition) is 3. The van der Waals surface area contributed by atoms with Crippen molar-refractivity contribution in [1.82, 2.24) is 10.2 Å². The molecule has 2 N–H and O–H groups in total. The highest BCUT2D eigenvalue weighted by Crippen LogP contribution is 2.18. The number of carboxylic acids is 1. The Bertz CT molecular complexity index is 342. The number of aliphatic carboxylic acids is 1. The third kappa shape index (κ3) is 7.46. The second kappa shape index (κ2) is 8.37. The minimum Gasteiger partial charge on any atom is -0.481 e. The van der Waals surface area contributed by atoms with Crippen molar-refractivity contribution in [3.05, 3.63) is 0 Å². The van der Waals surface area contributed by atoms with Gasteiger partial charge in [-0.05, 0) is 33.6 Å². The number of amides is 1. The molecule has 0 unspecified atom stereocenters. The molecule has 0 aromatic rings. The Morgan fingerprint density at radius 3 is 2.19 bits per heavy atom. The fourth-order valence-corrected chi connectivity index (χ4v) is 2.75. The molecule has 0 atom stereocenters. The monoisotopic (exact) mass is 298 g/mol. The van der Waals surface area contributed by atoms with E-state index in [-0.39, 0.29) is 24.4 Å². The summed E-state index contributed by atoms with van der Waals surface area (Å²) in [7, 11) is 0. The summed E-state index contributed by atoms with van der Waals surface area (Å²) in [5.74, 6) is -0.810. The number of rotatable bonds is 6. The van der Waals surface area contributed by atoms with Gasteiger partial charge in [0, 0.05) is 18.1 Å². The predicted octanol–water partition coefficient (Wildman–Crippen LogP) is 2.40. The number of nitrogens with zero attached hydrogens (tertiary/aromatic N) is 1. The lowest BCUT2D eigenvalue weighted by atomic mass is 10.1. The van der Waals surface area contributed by atoms with Gasteiger partial charge in [0.15, 0.2) is 0 Å². The van der Waals surface area contributed by atoms with E-state index in [2.05, 4.69) is 5.32 Å². The molecule has 0 bridgehead atoms. The molecule has 0 aliphatic heterocycles. The first-order chi connectivity index (χ1) is 9.79. The quantitative estimate of drug-likeness (QED) is 0.739. The lowest BCUT2D eigenvalue weighted by Crippen LogP contribution is -2.49. The summed E-state index contributed by atoms with van der Waals surface area (Å²) in [6.45, 7) is 6.69. The van der Waals surface area contributed by atoms with Crippen molar-refractivity contribution >= 4 is 11.9 Å². The SMILES string of the molecule is CC(C)(C)N(CCC(=O)O)CC(=O)NC1CCCCCC1. The molecule has 1 saturated carbocycles. The Morgan fingerprint density at radius 1 is 1.14 bits per heavy atom. The van der Waals surface area contributed by atoms with E-state index in [0.717, 1.165) is 12.8 Å². The molecular weight excluding hydrogens is 268 g/mol. The van der Waals surface area contributed by atoms with Gasteiger partial charge >= 0.3 is 5.97 Å². The van der Waals surface area contributed by atoms with Crippen LogP contribution in [0.25, 0.3) is 0 Å². The zero-order valence-corrected chi connectivity index (χ0v) is 13.7. The predicted molar refractivity (Wildman–Crippen MR) is 83.2 cm³/mol. The Balaban J connectivity index is 2.48. The Kier molecular flexibility index (Phi) is 7.15. The average molecular weight is 298 g/mol. The second-order valence-electron chi connectivity index (χ2n) is 6.99. The third-order valence-electron chi connectivity index (χ3n) is 4.10. The maximum Gasteiger partial charge on any atom is 0.304 e. The van der Waals surface area contributed by atoms with E-state index in [4.69, 9.17) is 5.11 Å². The summed E-state index contributed by atoms with van der Waals surface area (Å²) in [5.41, 5.74) is -0.212. The maximum absolute atomic E-state index is 12.2. The Labute approximate surface area is 128 Å². The van der Waals surface area contributed by atoms with Crippen LogP contribution < -0.4 is 5.32 Å². The van der Waals surface area contributed by atoms with Gasteiger partial charge < -0.3 is 10.4 Å². The normalized spacial score (nSPS) is 17.5. The number of carbonyl (C=O) groups excluding carboxylic acids is 1. The van der Waals surface area contributed by atoms with Crippen molar-refractivity contribution in [1.29, 1.82) is 0 Å². The molecule has 122 valence electrons. The van der Waals surface area contributed by atoms with Crippen LogP contribution in [0, 0.1) is 0 Å². The van der Waals surface area contributed by atoms with Crippen molar-refractivity contribution in [3.8, 4) is 0 Å². The molecule has 0 saturated heterocycles. The van der Waals surface area contributed by atoms with E-state index in [0.29, 0.717) is 12.6 Å². The van der Waals surface area contributed by atoms with E-state index in [1.54, 1.807) is 0 Å². The molecule has 5 heteroatoms. The van der Waals surface area contributed by atoms with E-state index >= 15 is 0 Å². The largest absolute Gasteiger partial charge is 0.481 e. The molecule has 0 aromatic heterocycles. The molecule has 1 rings (SSSR count). The highest BCUT2D eigenvalue weighted by molar-refractivity contribution is 5.78. The first-order valence-corrected chi connectivity index (χ1v) is 8.05. The maximum atomic E-state index is 12.2. The van der Waals surface area contributed by atoms with Crippen LogP contribution in [0.4, 0.5) is 0 Å². The summed E-state index contributed by atoms with van der Waals surface area (Å²) < 4.78 is 0. The molecule has 0 aromatic carbocycles. The van der Waals surface area contributed by atoms with Crippen molar-refractivity contribution in [2.24, 2.45) is 0 Å². The van der Waals surface area contributed by atoms with Gasteiger partial charge in [0.25, 0.3) is 0 Å². The van der Waals surface area contributed by atoms with Crippen LogP contribution in [-0.4, -0.2) is 46.6 Å². The van der Waals surface area contributed by atoms with Gasteiger partial charge in [-0.25, -0.2) is 0 Å². The Morgan fingerprint density at radius 2 is 1.71 bits per heavy atom. The summed E-state index contributed by atoms with van der Waals surface area (Å²) in [4.78, 5) is 24.9. The lowest BCUT2D eigenvalue weighted by molar-refractivity contribution is -0.138. The highest BCUT2D eigenvalue weighted by atomic mass is 16.4. The molecule has 1 amide bonds. The molecule has 0 spiro atoms. The molecule has 1 aliphatic rings. The van der Waals surface area contributed by atoms with Gasteiger partial charge in [0.05, 0.1) is 13.0 Å². The minimum absolute atomic E-state index is 0.0159. The average Bonchev–Trinajstić information content (AvgIpc) is 2.61. The van der Waals surface area contributed by atoms with Gasteiger partial charge in [0.2, 0.25) is 5.91 Å². The zero-order valence-electron chi connectivity index (χ0n) is 13.7. The smallest absolute Gasteiger partial charge is 0.304 e. The lowest BCUT2D eigenvalue weighted by Gasteiger charge is -2.35. The molecule has 1 aliphatic carbocycles. The molecule has 21 heavy (non-hydrogen) atoms. The summed E-state index contributed by atoms with van der Waals surface area (Å²) >= 11 is 0. The second-order valence-corrected chi connectivity index (χ2v) is 6.99. The first kappa shape index (κ1) is 18.0. The summed E-state index contributed by atoms with van der Waals surface area (Å²) in [6.07, 6.45) is 7.10. The molecule has 0 heterocycles. The van der Waals surface area contributed by atoms with Crippen LogP contribution in [0.1, 0.15) is 65.7 Å². The van der Waals surface area contributed by atoms with Gasteiger partial charge in [-0.3, -0.25) is 14.5 Å². The van der Waals surface area contributed by atoms with Crippen molar-refractivity contribution in [3.63, 3.8) is 0 Å². The summed E-state index contributed by atoms with van der Waals surface area (Å²) in [5, 5.41) is 11.9. The third-order valence-corrected chi connectivity index (χ3v) is 4.10. The van der Waals surface area contributed by atoms with Crippen LogP contribution in [0.5, 0.6) is 0 Å². The highest BCUT2D eigenvalue weighted by Gasteiger charge is 2.25. The van der Waals surface area contributed by atoms with Crippen LogP contribution in [0.3, 0.4) is 0 Å². The van der Waals surface area contributed by atoms with E-state index in [9.17, 15) is 9.59 Å². The zero-order chi connectivity index (χ0) is 15.9.